The van der Waals surface area contributed by atoms with Crippen molar-refractivity contribution in [3.8, 4) is 5.69 Å². The van der Waals surface area contributed by atoms with Crippen molar-refractivity contribution in [2.45, 2.75) is 19.9 Å². The molecule has 0 saturated carbocycles. The molecule has 0 unspecified atom stereocenters. The van der Waals surface area contributed by atoms with Crippen LogP contribution in [0, 0.1) is 6.92 Å². The zero-order valence-electron chi connectivity index (χ0n) is 11.8. The summed E-state index contributed by atoms with van der Waals surface area (Å²) in [6.07, 6.45) is 0.746. The van der Waals surface area contributed by atoms with Crippen molar-refractivity contribution in [2.24, 2.45) is 0 Å². The third kappa shape index (κ3) is 1.81. The lowest BCUT2D eigenvalue weighted by Crippen LogP contribution is -2.35. The molecule has 5 heteroatoms. The summed E-state index contributed by atoms with van der Waals surface area (Å²) in [4.78, 5) is 12.9. The normalized spacial score (nSPS) is 14.3. The summed E-state index contributed by atoms with van der Waals surface area (Å²) in [5.74, 6) is 0. The van der Waals surface area contributed by atoms with Crippen molar-refractivity contribution in [1.29, 1.82) is 0 Å². The van der Waals surface area contributed by atoms with E-state index in [9.17, 15) is 4.79 Å². The van der Waals surface area contributed by atoms with Gasteiger partial charge in [-0.1, -0.05) is 18.2 Å². The molecule has 1 aliphatic rings. The number of hydrogen-bond acceptors (Lipinski definition) is 3. The van der Waals surface area contributed by atoms with Crippen LogP contribution in [-0.4, -0.2) is 20.7 Å². The summed E-state index contributed by atoms with van der Waals surface area (Å²) in [5.41, 5.74) is 4.55. The summed E-state index contributed by atoms with van der Waals surface area (Å²) >= 11 is 0. The van der Waals surface area contributed by atoms with Crippen molar-refractivity contribution < 1.29 is 0 Å². The minimum atomic E-state index is 0.0742. The van der Waals surface area contributed by atoms with Crippen molar-refractivity contribution >= 4 is 5.65 Å². The molecule has 0 radical (unpaired) electrons. The smallest absolute Gasteiger partial charge is 0.261 e. The molecule has 5 nitrogen and oxygen atoms in total. The molecule has 2 aromatic heterocycles. The van der Waals surface area contributed by atoms with Crippen LogP contribution in [0.15, 0.2) is 41.2 Å². The largest absolute Gasteiger partial charge is 0.311 e. The minimum absolute atomic E-state index is 0.0742. The molecule has 0 atom stereocenters. The van der Waals surface area contributed by atoms with E-state index in [1.165, 1.54) is 0 Å². The average molecular weight is 280 g/mol. The topological polar surface area (TPSA) is 51.3 Å². The van der Waals surface area contributed by atoms with Crippen LogP contribution >= 0.6 is 0 Å². The molecule has 106 valence electrons. The number of nitrogens with one attached hydrogen (secondary N) is 1. The second-order valence-electron chi connectivity index (χ2n) is 5.38. The minimum Gasteiger partial charge on any atom is -0.311 e. The number of aromatic nitrogens is 3. The highest BCUT2D eigenvalue weighted by Crippen LogP contribution is 2.17. The quantitative estimate of drug-likeness (QED) is 0.734. The molecule has 1 aromatic carbocycles. The predicted octanol–water partition coefficient (Wildman–Crippen LogP) is 1.44. The molecule has 0 bridgehead atoms. The maximum atomic E-state index is 12.9. The molecule has 0 amide bonds. The number of rotatable bonds is 1. The highest BCUT2D eigenvalue weighted by atomic mass is 16.1. The van der Waals surface area contributed by atoms with Gasteiger partial charge in [-0.25, -0.2) is 4.52 Å². The standard InChI is InChI=1S/C16H16N4O/c1-11-9-15-19(12-5-3-2-4-6-12)16(21)13-7-8-17-10-14(13)20(15)18-11/h2-6,9,17H,7-8,10H2,1H3. The van der Waals surface area contributed by atoms with Crippen LogP contribution in [-0.2, 0) is 13.0 Å². The third-order valence-corrected chi connectivity index (χ3v) is 3.97. The van der Waals surface area contributed by atoms with Crippen LogP contribution in [0.4, 0.5) is 0 Å². The Labute approximate surface area is 121 Å². The summed E-state index contributed by atoms with van der Waals surface area (Å²) in [6, 6.07) is 11.7. The van der Waals surface area contributed by atoms with Crippen LogP contribution in [0.2, 0.25) is 0 Å². The Morgan fingerprint density at radius 1 is 1.24 bits per heavy atom. The van der Waals surface area contributed by atoms with Crippen LogP contribution in [0.25, 0.3) is 11.3 Å². The first-order valence-electron chi connectivity index (χ1n) is 7.15. The van der Waals surface area contributed by atoms with Crippen LogP contribution in [0.5, 0.6) is 0 Å². The molecule has 0 aliphatic carbocycles. The Balaban J connectivity index is 2.16. The summed E-state index contributed by atoms with van der Waals surface area (Å²) in [7, 11) is 0. The third-order valence-electron chi connectivity index (χ3n) is 3.97. The van der Waals surface area contributed by atoms with E-state index in [-0.39, 0.29) is 5.56 Å². The van der Waals surface area contributed by atoms with Gasteiger partial charge in [0, 0.05) is 18.2 Å². The van der Waals surface area contributed by atoms with E-state index in [0.717, 1.165) is 41.3 Å². The molecular formula is C16H16N4O. The summed E-state index contributed by atoms with van der Waals surface area (Å²) in [6.45, 7) is 3.48. The monoisotopic (exact) mass is 280 g/mol. The number of benzene rings is 1. The zero-order chi connectivity index (χ0) is 14.4. The lowest BCUT2D eigenvalue weighted by Gasteiger charge is -2.20. The van der Waals surface area contributed by atoms with Gasteiger partial charge in [0.1, 0.15) is 5.65 Å². The zero-order valence-corrected chi connectivity index (χ0v) is 11.8. The molecule has 21 heavy (non-hydrogen) atoms. The van der Waals surface area contributed by atoms with Gasteiger partial charge >= 0.3 is 0 Å². The fraction of sp³-hybridized carbons (Fsp3) is 0.250. The van der Waals surface area contributed by atoms with Gasteiger partial charge < -0.3 is 5.32 Å². The fourth-order valence-corrected chi connectivity index (χ4v) is 3.01. The second kappa shape index (κ2) is 4.56. The Morgan fingerprint density at radius 2 is 2.05 bits per heavy atom. The van der Waals surface area contributed by atoms with E-state index in [0.29, 0.717) is 6.54 Å². The van der Waals surface area contributed by atoms with Gasteiger partial charge in [-0.2, -0.15) is 5.10 Å². The van der Waals surface area contributed by atoms with Crippen molar-refractivity contribution in [2.75, 3.05) is 6.54 Å². The van der Waals surface area contributed by atoms with Gasteiger partial charge in [0.2, 0.25) is 0 Å². The first kappa shape index (κ1) is 12.3. The average Bonchev–Trinajstić information content (AvgIpc) is 2.90. The molecule has 0 spiro atoms. The highest BCUT2D eigenvalue weighted by Gasteiger charge is 2.21. The Morgan fingerprint density at radius 3 is 2.86 bits per heavy atom. The predicted molar refractivity (Wildman–Crippen MR) is 80.9 cm³/mol. The first-order valence-corrected chi connectivity index (χ1v) is 7.15. The van der Waals surface area contributed by atoms with Crippen molar-refractivity contribution in [3.63, 3.8) is 0 Å². The molecule has 3 heterocycles. The summed E-state index contributed by atoms with van der Waals surface area (Å²) in [5, 5.41) is 7.89. The lowest BCUT2D eigenvalue weighted by molar-refractivity contribution is 0.594. The Hall–Kier alpha value is -2.40. The van der Waals surface area contributed by atoms with Crippen LogP contribution < -0.4 is 10.9 Å². The van der Waals surface area contributed by atoms with Crippen LogP contribution in [0.3, 0.4) is 0 Å². The van der Waals surface area contributed by atoms with Gasteiger partial charge in [0.05, 0.1) is 17.1 Å². The molecule has 0 fully saturated rings. The SMILES string of the molecule is Cc1cc2n(-c3ccccc3)c(=O)c3c(n2n1)CNCC3. The molecule has 1 N–H and O–H groups in total. The second-order valence-corrected chi connectivity index (χ2v) is 5.38. The van der Waals surface area contributed by atoms with Crippen LogP contribution in [0.1, 0.15) is 17.0 Å². The van der Waals surface area contributed by atoms with Crippen molar-refractivity contribution in [3.05, 3.63) is 63.7 Å². The van der Waals surface area contributed by atoms with Crippen molar-refractivity contribution in [1.82, 2.24) is 19.5 Å². The van der Waals surface area contributed by atoms with E-state index in [1.54, 1.807) is 4.57 Å². The van der Waals surface area contributed by atoms with E-state index < -0.39 is 0 Å². The Kier molecular flexibility index (Phi) is 2.68. The molecule has 3 aromatic rings. The maximum Gasteiger partial charge on any atom is 0.261 e. The van der Waals surface area contributed by atoms with Gasteiger partial charge in [-0.05, 0) is 32.0 Å². The van der Waals surface area contributed by atoms with E-state index in [4.69, 9.17) is 0 Å². The Bertz CT molecular complexity index is 877. The molecule has 1 aliphatic heterocycles. The number of nitrogens with zero attached hydrogens (tertiary/aromatic N) is 3. The van der Waals surface area contributed by atoms with Gasteiger partial charge in [-0.15, -0.1) is 0 Å². The summed E-state index contributed by atoms with van der Waals surface area (Å²) < 4.78 is 3.68. The van der Waals surface area contributed by atoms with E-state index >= 15 is 0 Å². The fourth-order valence-electron chi connectivity index (χ4n) is 3.01. The number of fused-ring (bicyclic) bond motifs is 3. The van der Waals surface area contributed by atoms with E-state index in [2.05, 4.69) is 10.4 Å². The van der Waals surface area contributed by atoms with Gasteiger partial charge in [0.25, 0.3) is 5.56 Å². The number of para-hydroxylation sites is 1. The molecule has 4 rings (SSSR count). The molecule has 0 saturated heterocycles. The lowest BCUT2D eigenvalue weighted by atomic mass is 10.1. The number of hydrogen-bond donors (Lipinski definition) is 1. The maximum absolute atomic E-state index is 12.9. The molecular weight excluding hydrogens is 264 g/mol. The first-order chi connectivity index (χ1) is 10.3. The highest BCUT2D eigenvalue weighted by molar-refractivity contribution is 5.51. The van der Waals surface area contributed by atoms with E-state index in [1.807, 2.05) is 47.8 Å². The van der Waals surface area contributed by atoms with Gasteiger partial charge in [0.15, 0.2) is 0 Å². The van der Waals surface area contributed by atoms with Gasteiger partial charge in [-0.3, -0.25) is 9.36 Å². The number of aryl methyl sites for hydroxylation is 1.